The average Bonchev–Trinajstić information content (AvgIpc) is 2.71. The molecule has 1 nitrogen and oxygen atoms in total. The van der Waals surface area contributed by atoms with Gasteiger partial charge < -0.3 is 0 Å². The lowest BCUT2D eigenvalue weighted by Gasteiger charge is -1.98. The number of halogens is 1. The van der Waals surface area contributed by atoms with Gasteiger partial charge in [0.15, 0.2) is 0 Å². The van der Waals surface area contributed by atoms with Crippen molar-refractivity contribution in [3.05, 3.63) is 46.7 Å². The minimum Gasteiger partial charge on any atom is -0.276 e. The first kappa shape index (κ1) is 9.44. The van der Waals surface area contributed by atoms with E-state index in [4.69, 9.17) is 11.6 Å². The molecule has 0 fully saturated rings. The predicted molar refractivity (Wildman–Crippen MR) is 59.9 cm³/mol. The molecule has 0 saturated carbocycles. The molecule has 14 heavy (non-hydrogen) atoms. The van der Waals surface area contributed by atoms with Gasteiger partial charge in [0, 0.05) is 5.56 Å². The summed E-state index contributed by atoms with van der Waals surface area (Å²) < 4.78 is 0. The van der Waals surface area contributed by atoms with E-state index in [0.29, 0.717) is 5.56 Å². The highest BCUT2D eigenvalue weighted by Gasteiger charge is 2.02. The van der Waals surface area contributed by atoms with Crippen molar-refractivity contribution >= 4 is 28.2 Å². The van der Waals surface area contributed by atoms with Crippen LogP contribution in [0.3, 0.4) is 0 Å². The summed E-state index contributed by atoms with van der Waals surface area (Å²) in [6.07, 6.45) is 0. The van der Waals surface area contributed by atoms with Gasteiger partial charge in [0.2, 0.25) is 0 Å². The molecule has 70 valence electrons. The van der Waals surface area contributed by atoms with Gasteiger partial charge in [-0.3, -0.25) is 4.79 Å². The first-order chi connectivity index (χ1) is 6.77. The van der Waals surface area contributed by atoms with Gasteiger partial charge in [-0.2, -0.15) is 11.3 Å². The maximum Gasteiger partial charge on any atom is 0.252 e. The number of hydrogen-bond acceptors (Lipinski definition) is 2. The van der Waals surface area contributed by atoms with Crippen LogP contribution in [0, 0.1) is 0 Å². The van der Waals surface area contributed by atoms with Crippen molar-refractivity contribution in [1.82, 2.24) is 0 Å². The van der Waals surface area contributed by atoms with Crippen LogP contribution in [0.4, 0.5) is 0 Å². The van der Waals surface area contributed by atoms with Crippen LogP contribution in [0.1, 0.15) is 10.4 Å². The molecule has 2 aromatic rings. The Labute approximate surface area is 91.0 Å². The summed E-state index contributed by atoms with van der Waals surface area (Å²) >= 11 is 7.00. The minimum atomic E-state index is -0.415. The first-order valence-corrected chi connectivity index (χ1v) is 5.42. The number of carbonyl (C=O) groups is 1. The maximum atomic E-state index is 10.8. The highest BCUT2D eigenvalue weighted by atomic mass is 35.5. The molecule has 0 aliphatic rings. The topological polar surface area (TPSA) is 17.1 Å². The highest BCUT2D eigenvalue weighted by Crippen LogP contribution is 2.22. The average molecular weight is 223 g/mol. The molecule has 0 unspecified atom stereocenters. The van der Waals surface area contributed by atoms with Crippen LogP contribution in [0.15, 0.2) is 41.1 Å². The van der Waals surface area contributed by atoms with Crippen molar-refractivity contribution in [1.29, 1.82) is 0 Å². The van der Waals surface area contributed by atoms with Crippen LogP contribution >= 0.6 is 22.9 Å². The molecule has 0 radical (unpaired) electrons. The van der Waals surface area contributed by atoms with Crippen LogP contribution in [0.25, 0.3) is 11.1 Å². The molecular formula is C11H7ClOS. The van der Waals surface area contributed by atoms with E-state index < -0.39 is 5.24 Å². The van der Waals surface area contributed by atoms with Crippen molar-refractivity contribution in [2.45, 2.75) is 0 Å². The monoisotopic (exact) mass is 222 g/mol. The molecule has 0 spiro atoms. The third-order valence-corrected chi connectivity index (χ3v) is 2.87. The maximum absolute atomic E-state index is 10.8. The van der Waals surface area contributed by atoms with Crippen LogP contribution < -0.4 is 0 Å². The summed E-state index contributed by atoms with van der Waals surface area (Å²) in [5.41, 5.74) is 2.81. The fourth-order valence-corrected chi connectivity index (χ4v) is 2.01. The van der Waals surface area contributed by atoms with Crippen molar-refractivity contribution < 1.29 is 4.79 Å². The molecule has 0 amide bonds. The van der Waals surface area contributed by atoms with Crippen LogP contribution in [-0.4, -0.2) is 5.24 Å². The SMILES string of the molecule is O=C(Cl)c1ccc(-c2ccsc2)cc1. The third kappa shape index (κ3) is 1.86. The van der Waals surface area contributed by atoms with Crippen molar-refractivity contribution in [3.63, 3.8) is 0 Å². The van der Waals surface area contributed by atoms with E-state index in [0.717, 1.165) is 5.56 Å². The molecule has 0 N–H and O–H groups in total. The Morgan fingerprint density at radius 3 is 2.29 bits per heavy atom. The Balaban J connectivity index is 2.36. The molecule has 0 bridgehead atoms. The quantitative estimate of drug-likeness (QED) is 0.707. The summed E-state index contributed by atoms with van der Waals surface area (Å²) in [6.45, 7) is 0. The molecule has 3 heteroatoms. The number of carbonyl (C=O) groups excluding carboxylic acids is 1. The second-order valence-electron chi connectivity index (χ2n) is 2.86. The summed E-state index contributed by atoms with van der Waals surface area (Å²) in [7, 11) is 0. The molecule has 0 aliphatic heterocycles. The predicted octanol–water partition coefficient (Wildman–Crippen LogP) is 3.79. The van der Waals surface area contributed by atoms with E-state index in [9.17, 15) is 4.79 Å². The lowest BCUT2D eigenvalue weighted by Crippen LogP contribution is -1.87. The summed E-state index contributed by atoms with van der Waals surface area (Å²) in [5.74, 6) is 0. The van der Waals surface area contributed by atoms with Crippen molar-refractivity contribution in [2.75, 3.05) is 0 Å². The normalized spacial score (nSPS) is 10.1. The van der Waals surface area contributed by atoms with Crippen LogP contribution in [0.2, 0.25) is 0 Å². The van der Waals surface area contributed by atoms with Crippen LogP contribution in [-0.2, 0) is 0 Å². The number of hydrogen-bond donors (Lipinski definition) is 0. The van der Waals surface area contributed by atoms with Gasteiger partial charge in [0.1, 0.15) is 0 Å². The lowest BCUT2D eigenvalue weighted by molar-refractivity contribution is 0.108. The molecule has 1 aromatic carbocycles. The Hall–Kier alpha value is -1.12. The van der Waals surface area contributed by atoms with E-state index in [1.165, 1.54) is 5.56 Å². The van der Waals surface area contributed by atoms with E-state index in [1.54, 1.807) is 23.5 Å². The molecule has 0 aliphatic carbocycles. The van der Waals surface area contributed by atoms with Gasteiger partial charge in [-0.05, 0) is 51.7 Å². The van der Waals surface area contributed by atoms with E-state index in [2.05, 4.69) is 5.38 Å². The second-order valence-corrected chi connectivity index (χ2v) is 3.99. The Morgan fingerprint density at radius 1 is 1.07 bits per heavy atom. The zero-order valence-electron chi connectivity index (χ0n) is 7.24. The Bertz CT molecular complexity index is 431. The highest BCUT2D eigenvalue weighted by molar-refractivity contribution is 7.08. The Morgan fingerprint density at radius 2 is 1.79 bits per heavy atom. The van der Waals surface area contributed by atoms with E-state index in [-0.39, 0.29) is 0 Å². The molecule has 0 saturated heterocycles. The van der Waals surface area contributed by atoms with Gasteiger partial charge in [-0.1, -0.05) is 12.1 Å². The summed E-state index contributed by atoms with van der Waals surface area (Å²) in [5, 5.41) is 3.68. The number of benzene rings is 1. The summed E-state index contributed by atoms with van der Waals surface area (Å²) in [6, 6.07) is 9.32. The largest absolute Gasteiger partial charge is 0.276 e. The molecular weight excluding hydrogens is 216 g/mol. The van der Waals surface area contributed by atoms with Crippen molar-refractivity contribution in [2.24, 2.45) is 0 Å². The summed E-state index contributed by atoms with van der Waals surface area (Å²) in [4.78, 5) is 10.8. The van der Waals surface area contributed by atoms with Gasteiger partial charge >= 0.3 is 0 Å². The fourth-order valence-electron chi connectivity index (χ4n) is 1.22. The first-order valence-electron chi connectivity index (χ1n) is 4.10. The molecule has 2 rings (SSSR count). The number of rotatable bonds is 2. The van der Waals surface area contributed by atoms with Gasteiger partial charge in [-0.15, -0.1) is 0 Å². The number of thiophene rings is 1. The third-order valence-electron chi connectivity index (χ3n) is 1.97. The van der Waals surface area contributed by atoms with Gasteiger partial charge in [0.25, 0.3) is 5.24 Å². The van der Waals surface area contributed by atoms with E-state index >= 15 is 0 Å². The second kappa shape index (κ2) is 3.95. The van der Waals surface area contributed by atoms with Gasteiger partial charge in [-0.25, -0.2) is 0 Å². The van der Waals surface area contributed by atoms with Crippen molar-refractivity contribution in [3.8, 4) is 11.1 Å². The van der Waals surface area contributed by atoms with Gasteiger partial charge in [0.05, 0.1) is 0 Å². The van der Waals surface area contributed by atoms with E-state index in [1.807, 2.05) is 23.6 Å². The van der Waals surface area contributed by atoms with Crippen LogP contribution in [0.5, 0.6) is 0 Å². The fraction of sp³-hybridized carbons (Fsp3) is 0. The smallest absolute Gasteiger partial charge is 0.252 e. The molecule has 0 atom stereocenters. The zero-order valence-corrected chi connectivity index (χ0v) is 8.81. The Kier molecular flexibility index (Phi) is 2.66. The molecule has 1 heterocycles. The lowest BCUT2D eigenvalue weighted by atomic mass is 10.1. The zero-order chi connectivity index (χ0) is 9.97. The minimum absolute atomic E-state index is 0.415. The molecule has 1 aromatic heterocycles. The standard InChI is InChI=1S/C11H7ClOS/c12-11(13)9-3-1-8(2-4-9)10-5-6-14-7-10/h1-7H.